The third kappa shape index (κ3) is 3.44. The van der Waals surface area contributed by atoms with Crippen LogP contribution in [0.4, 0.5) is 4.79 Å². The van der Waals surface area contributed by atoms with Gasteiger partial charge in [0.1, 0.15) is 6.10 Å². The van der Waals surface area contributed by atoms with Gasteiger partial charge in [0, 0.05) is 38.4 Å². The summed E-state index contributed by atoms with van der Waals surface area (Å²) in [6.45, 7) is 6.60. The molecule has 26 heavy (non-hydrogen) atoms. The van der Waals surface area contributed by atoms with Gasteiger partial charge >= 0.3 is 6.03 Å². The van der Waals surface area contributed by atoms with Crippen LogP contribution in [0.1, 0.15) is 48.1 Å². The van der Waals surface area contributed by atoms with Gasteiger partial charge in [-0.1, -0.05) is 5.16 Å². The number of carbonyl (C=O) groups excluding carboxylic acids is 1. The normalized spacial score (nSPS) is 20.4. The van der Waals surface area contributed by atoms with E-state index in [4.69, 9.17) is 9.26 Å². The molecule has 0 saturated carbocycles. The third-order valence-electron chi connectivity index (χ3n) is 4.85. The lowest BCUT2D eigenvalue weighted by Gasteiger charge is -2.39. The molecule has 1 unspecified atom stereocenters. The number of ether oxygens (including phenoxy) is 1. The number of carbonyl (C=O) groups is 1. The quantitative estimate of drug-likeness (QED) is 0.868. The summed E-state index contributed by atoms with van der Waals surface area (Å²) in [6.07, 6.45) is 2.41. The first-order valence-electron chi connectivity index (χ1n) is 9.10. The van der Waals surface area contributed by atoms with Gasteiger partial charge in [-0.25, -0.2) is 4.79 Å². The average Bonchev–Trinajstić information content (AvgIpc) is 3.28. The van der Waals surface area contributed by atoms with Gasteiger partial charge in [0.05, 0.1) is 11.7 Å². The maximum absolute atomic E-state index is 12.2. The molecule has 9 nitrogen and oxygen atoms in total. The van der Waals surface area contributed by atoms with Gasteiger partial charge in [-0.05, 0) is 32.8 Å². The van der Waals surface area contributed by atoms with Crippen LogP contribution in [-0.2, 0) is 11.2 Å². The predicted octanol–water partition coefficient (Wildman–Crippen LogP) is 1.54. The Labute approximate surface area is 151 Å². The Bertz CT molecular complexity index is 773. The highest BCUT2D eigenvalue weighted by atomic mass is 16.5. The van der Waals surface area contributed by atoms with Crippen molar-refractivity contribution in [1.29, 1.82) is 0 Å². The highest BCUT2D eigenvalue weighted by Gasteiger charge is 2.33. The maximum Gasteiger partial charge on any atom is 0.317 e. The fraction of sp³-hybridized carbons (Fsp3) is 0.647. The van der Waals surface area contributed by atoms with Gasteiger partial charge in [-0.15, -0.1) is 0 Å². The zero-order valence-corrected chi connectivity index (χ0v) is 15.1. The number of nitrogens with one attached hydrogen (secondary N) is 1. The Morgan fingerprint density at radius 2 is 2.23 bits per heavy atom. The van der Waals surface area contributed by atoms with E-state index in [1.165, 1.54) is 0 Å². The van der Waals surface area contributed by atoms with Crippen molar-refractivity contribution >= 4 is 6.03 Å². The summed E-state index contributed by atoms with van der Waals surface area (Å²) in [5.74, 6) is 1.14. The van der Waals surface area contributed by atoms with Gasteiger partial charge in [-0.2, -0.15) is 10.1 Å². The van der Waals surface area contributed by atoms with Gasteiger partial charge < -0.3 is 19.5 Å². The molecule has 2 aromatic rings. The number of likely N-dealkylation sites (tertiary alicyclic amines) is 1. The predicted molar refractivity (Wildman–Crippen MR) is 91.6 cm³/mol. The highest BCUT2D eigenvalue weighted by Crippen LogP contribution is 2.27. The van der Waals surface area contributed by atoms with Crippen molar-refractivity contribution < 1.29 is 14.1 Å². The minimum absolute atomic E-state index is 0.0642. The molecule has 2 aromatic heterocycles. The first-order chi connectivity index (χ1) is 12.6. The Morgan fingerprint density at radius 3 is 2.92 bits per heavy atom. The fourth-order valence-corrected chi connectivity index (χ4v) is 3.46. The van der Waals surface area contributed by atoms with Crippen molar-refractivity contribution in [2.75, 3.05) is 26.2 Å². The van der Waals surface area contributed by atoms with Gasteiger partial charge in [0.15, 0.2) is 5.82 Å². The molecule has 2 aliphatic heterocycles. The maximum atomic E-state index is 12.2. The summed E-state index contributed by atoms with van der Waals surface area (Å²) in [5.41, 5.74) is 2.14. The summed E-state index contributed by atoms with van der Waals surface area (Å²) >= 11 is 0. The molecule has 0 bridgehead atoms. The molecule has 140 valence electrons. The molecule has 2 fully saturated rings. The van der Waals surface area contributed by atoms with Gasteiger partial charge in [-0.3, -0.25) is 4.68 Å². The molecule has 1 N–H and O–H groups in total. The van der Waals surface area contributed by atoms with Crippen LogP contribution in [0, 0.1) is 13.8 Å². The van der Waals surface area contributed by atoms with Crippen molar-refractivity contribution in [3.05, 3.63) is 29.2 Å². The van der Waals surface area contributed by atoms with E-state index in [1.54, 1.807) is 4.90 Å². The largest absolute Gasteiger partial charge is 0.368 e. The monoisotopic (exact) mass is 360 g/mol. The van der Waals surface area contributed by atoms with E-state index >= 15 is 0 Å². The van der Waals surface area contributed by atoms with Crippen LogP contribution in [0.5, 0.6) is 0 Å². The molecule has 0 radical (unpaired) electrons. The average molecular weight is 360 g/mol. The van der Waals surface area contributed by atoms with E-state index in [2.05, 4.69) is 26.6 Å². The van der Waals surface area contributed by atoms with Crippen LogP contribution in [0.2, 0.25) is 0 Å². The van der Waals surface area contributed by atoms with Crippen LogP contribution >= 0.6 is 0 Å². The summed E-state index contributed by atoms with van der Waals surface area (Å²) < 4.78 is 12.8. The minimum atomic E-state index is -0.0711. The Morgan fingerprint density at radius 1 is 1.38 bits per heavy atom. The lowest BCUT2D eigenvalue weighted by atomic mass is 10.1. The van der Waals surface area contributed by atoms with Crippen molar-refractivity contribution in [2.24, 2.45) is 0 Å². The molecule has 4 rings (SSSR count). The van der Waals surface area contributed by atoms with Crippen LogP contribution in [0.3, 0.4) is 0 Å². The summed E-state index contributed by atoms with van der Waals surface area (Å²) in [7, 11) is 0. The number of hydrogen-bond donors (Lipinski definition) is 1. The van der Waals surface area contributed by atoms with E-state index in [-0.39, 0.29) is 18.2 Å². The molecule has 0 aliphatic carbocycles. The number of amides is 2. The highest BCUT2D eigenvalue weighted by molar-refractivity contribution is 5.75. The molecule has 0 spiro atoms. The zero-order chi connectivity index (χ0) is 18.1. The topological polar surface area (TPSA) is 98.3 Å². The summed E-state index contributed by atoms with van der Waals surface area (Å²) in [4.78, 5) is 18.3. The van der Waals surface area contributed by atoms with Crippen LogP contribution in [-0.4, -0.2) is 57.1 Å². The van der Waals surface area contributed by atoms with Crippen molar-refractivity contribution in [2.45, 2.75) is 45.3 Å². The minimum Gasteiger partial charge on any atom is -0.368 e. The fourth-order valence-electron chi connectivity index (χ4n) is 3.46. The number of aryl methyl sites for hydroxylation is 2. The molecular weight excluding hydrogens is 336 g/mol. The van der Waals surface area contributed by atoms with Crippen molar-refractivity contribution in [3.8, 4) is 0 Å². The smallest absolute Gasteiger partial charge is 0.317 e. The molecule has 1 atom stereocenters. The number of urea groups is 1. The van der Waals surface area contributed by atoms with Gasteiger partial charge in [0.25, 0.3) is 5.89 Å². The lowest BCUT2D eigenvalue weighted by molar-refractivity contribution is 0.0835. The third-order valence-corrected chi connectivity index (χ3v) is 4.85. The van der Waals surface area contributed by atoms with Crippen LogP contribution in [0.15, 0.2) is 10.6 Å². The Hall–Kier alpha value is -2.42. The second kappa shape index (κ2) is 7.06. The number of hydrogen-bond acceptors (Lipinski definition) is 6. The first kappa shape index (κ1) is 17.0. The van der Waals surface area contributed by atoms with Crippen LogP contribution < -0.4 is 5.32 Å². The molecule has 2 saturated heterocycles. The SMILES string of the molecule is Cc1cc(C)n(C2CN(C(=O)NCCc3noc(C4CCCO4)n3)C2)n1. The lowest BCUT2D eigenvalue weighted by Crippen LogP contribution is -2.54. The van der Waals surface area contributed by atoms with E-state index in [9.17, 15) is 4.79 Å². The summed E-state index contributed by atoms with van der Waals surface area (Å²) in [5, 5.41) is 11.3. The molecule has 0 aromatic carbocycles. The van der Waals surface area contributed by atoms with E-state index in [0.717, 1.165) is 30.8 Å². The van der Waals surface area contributed by atoms with Gasteiger partial charge in [0.2, 0.25) is 0 Å². The number of aromatic nitrogens is 4. The zero-order valence-electron chi connectivity index (χ0n) is 15.1. The molecule has 4 heterocycles. The van der Waals surface area contributed by atoms with Crippen LogP contribution in [0.25, 0.3) is 0 Å². The Balaban J connectivity index is 1.20. The van der Waals surface area contributed by atoms with E-state index in [1.807, 2.05) is 18.5 Å². The number of rotatable bonds is 5. The molecule has 2 aliphatic rings. The Kier molecular flexibility index (Phi) is 4.62. The molecule has 2 amide bonds. The second-order valence-electron chi connectivity index (χ2n) is 6.96. The van der Waals surface area contributed by atoms with E-state index in [0.29, 0.717) is 37.8 Å². The molecule has 9 heteroatoms. The standard InChI is InChI=1S/C17H24N6O3/c1-11-8-12(2)23(20-11)13-9-22(10-13)17(24)18-6-5-15-19-16(26-21-15)14-4-3-7-25-14/h8,13-14H,3-7,9-10H2,1-2H3,(H,18,24). The number of nitrogens with zero attached hydrogens (tertiary/aromatic N) is 5. The van der Waals surface area contributed by atoms with Crippen molar-refractivity contribution in [1.82, 2.24) is 30.1 Å². The van der Waals surface area contributed by atoms with Crippen molar-refractivity contribution in [3.63, 3.8) is 0 Å². The second-order valence-corrected chi connectivity index (χ2v) is 6.96. The molecular formula is C17H24N6O3. The first-order valence-corrected chi connectivity index (χ1v) is 9.10. The summed E-state index contributed by atoms with van der Waals surface area (Å²) in [6, 6.07) is 2.25. The van der Waals surface area contributed by atoms with E-state index < -0.39 is 0 Å².